The molecule has 1 heterocycles. The lowest BCUT2D eigenvalue weighted by molar-refractivity contribution is -0.127. The average molecular weight is 272 g/mol. The second-order valence-electron chi connectivity index (χ2n) is 3.76. The van der Waals surface area contributed by atoms with Crippen LogP contribution in [-0.2, 0) is 4.79 Å². The first-order valence-electron chi connectivity index (χ1n) is 5.16. The molecule has 17 heavy (non-hydrogen) atoms. The molecule has 1 aliphatic heterocycles. The van der Waals surface area contributed by atoms with Crippen molar-refractivity contribution in [3.05, 3.63) is 46.0 Å². The van der Waals surface area contributed by atoms with Gasteiger partial charge in [-0.2, -0.15) is 0 Å². The van der Waals surface area contributed by atoms with Gasteiger partial charge in [0, 0.05) is 0 Å². The predicted molar refractivity (Wildman–Crippen MR) is 66.7 cm³/mol. The summed E-state index contributed by atoms with van der Waals surface area (Å²) in [6.45, 7) is 0.0867. The highest BCUT2D eigenvalue weighted by Gasteiger charge is 2.33. The molecule has 0 aliphatic carbocycles. The molecule has 1 aromatic rings. The van der Waals surface area contributed by atoms with Crippen LogP contribution in [0.5, 0.6) is 0 Å². The Kier molecular flexibility index (Phi) is 3.72. The van der Waals surface area contributed by atoms with Crippen LogP contribution in [0.4, 0.5) is 0 Å². The maximum Gasteiger partial charge on any atom is 0.267 e. The number of benzene rings is 1. The molecule has 0 saturated heterocycles. The van der Waals surface area contributed by atoms with Crippen LogP contribution in [0.1, 0.15) is 11.6 Å². The van der Waals surface area contributed by atoms with Gasteiger partial charge < -0.3 is 10.0 Å². The quantitative estimate of drug-likeness (QED) is 0.916. The van der Waals surface area contributed by atoms with Crippen molar-refractivity contribution in [2.45, 2.75) is 6.04 Å². The first-order chi connectivity index (χ1) is 8.15. The van der Waals surface area contributed by atoms with Crippen molar-refractivity contribution in [2.75, 3.05) is 13.2 Å². The van der Waals surface area contributed by atoms with Gasteiger partial charge in [-0.1, -0.05) is 53.5 Å². The van der Waals surface area contributed by atoms with E-state index in [0.29, 0.717) is 5.03 Å². The highest BCUT2D eigenvalue weighted by atomic mass is 35.5. The van der Waals surface area contributed by atoms with Crippen LogP contribution in [0.15, 0.2) is 40.4 Å². The third kappa shape index (κ3) is 2.32. The smallest absolute Gasteiger partial charge is 0.267 e. The monoisotopic (exact) mass is 271 g/mol. The standard InChI is InChI=1S/C12H11Cl2NO2/c13-9-6-15(12(17)11(9)14)10(7-16)8-4-2-1-3-5-8/h1-5,10,16H,6-7H2/t10-/m1/s1. The molecule has 0 saturated carbocycles. The minimum atomic E-state index is -0.409. The van der Waals surface area contributed by atoms with Gasteiger partial charge in [-0.05, 0) is 5.56 Å². The Morgan fingerprint density at radius 2 is 1.94 bits per heavy atom. The summed E-state index contributed by atoms with van der Waals surface area (Å²) in [5.41, 5.74) is 0.860. The average Bonchev–Trinajstić information content (AvgIpc) is 2.60. The Morgan fingerprint density at radius 1 is 1.29 bits per heavy atom. The zero-order chi connectivity index (χ0) is 12.4. The summed E-state index contributed by atoms with van der Waals surface area (Å²) in [6, 6.07) is 8.89. The molecule has 1 aliphatic rings. The number of rotatable bonds is 3. The lowest BCUT2D eigenvalue weighted by Gasteiger charge is -2.26. The fraction of sp³-hybridized carbons (Fsp3) is 0.250. The predicted octanol–water partition coefficient (Wildman–Crippen LogP) is 2.25. The van der Waals surface area contributed by atoms with E-state index in [4.69, 9.17) is 23.2 Å². The van der Waals surface area contributed by atoms with Crippen LogP contribution in [0, 0.1) is 0 Å². The summed E-state index contributed by atoms with van der Waals surface area (Å²) in [7, 11) is 0. The van der Waals surface area contributed by atoms with Crippen molar-refractivity contribution in [3.8, 4) is 0 Å². The number of halogens is 2. The molecule has 1 amide bonds. The summed E-state index contributed by atoms with van der Waals surface area (Å²) in [5.74, 6) is -0.334. The number of hydrogen-bond acceptors (Lipinski definition) is 2. The van der Waals surface area contributed by atoms with E-state index in [-0.39, 0.29) is 24.1 Å². The second-order valence-corrected chi connectivity index (χ2v) is 4.60. The lowest BCUT2D eigenvalue weighted by Crippen LogP contribution is -2.33. The number of aliphatic hydroxyl groups excluding tert-OH is 1. The van der Waals surface area contributed by atoms with Crippen molar-refractivity contribution in [1.29, 1.82) is 0 Å². The first kappa shape index (κ1) is 12.4. The van der Waals surface area contributed by atoms with Gasteiger partial charge in [-0.15, -0.1) is 0 Å². The van der Waals surface area contributed by atoms with Crippen LogP contribution in [0.25, 0.3) is 0 Å². The topological polar surface area (TPSA) is 40.5 Å². The molecule has 2 rings (SSSR count). The highest BCUT2D eigenvalue weighted by Crippen LogP contribution is 2.32. The first-order valence-corrected chi connectivity index (χ1v) is 5.91. The van der Waals surface area contributed by atoms with Crippen LogP contribution >= 0.6 is 23.2 Å². The molecule has 0 unspecified atom stereocenters. The van der Waals surface area contributed by atoms with Crippen molar-refractivity contribution < 1.29 is 9.90 Å². The Balaban J connectivity index is 2.26. The largest absolute Gasteiger partial charge is 0.394 e. The Hall–Kier alpha value is -1.03. The number of carbonyl (C=O) groups is 1. The molecule has 5 heteroatoms. The Morgan fingerprint density at radius 3 is 2.41 bits per heavy atom. The van der Waals surface area contributed by atoms with Crippen LogP contribution in [0.2, 0.25) is 0 Å². The van der Waals surface area contributed by atoms with Gasteiger partial charge in [0.1, 0.15) is 5.03 Å². The van der Waals surface area contributed by atoms with E-state index in [9.17, 15) is 9.90 Å². The number of hydrogen-bond donors (Lipinski definition) is 1. The molecular weight excluding hydrogens is 261 g/mol. The van der Waals surface area contributed by atoms with Gasteiger partial charge >= 0.3 is 0 Å². The van der Waals surface area contributed by atoms with Gasteiger partial charge in [-0.3, -0.25) is 4.79 Å². The van der Waals surface area contributed by atoms with E-state index < -0.39 is 6.04 Å². The fourth-order valence-corrected chi connectivity index (χ4v) is 2.22. The minimum absolute atomic E-state index is 0.0426. The molecule has 0 radical (unpaired) electrons. The van der Waals surface area contributed by atoms with E-state index in [1.165, 1.54) is 4.90 Å². The SMILES string of the molecule is O=C1C(Cl)=C(Cl)CN1[C@H](CO)c1ccccc1. The maximum atomic E-state index is 11.8. The van der Waals surface area contributed by atoms with Gasteiger partial charge in [0.05, 0.1) is 24.2 Å². The summed E-state index contributed by atoms with van der Waals surface area (Å²) in [4.78, 5) is 13.3. The molecule has 0 spiro atoms. The molecule has 0 aromatic heterocycles. The van der Waals surface area contributed by atoms with E-state index in [1.54, 1.807) is 0 Å². The lowest BCUT2D eigenvalue weighted by atomic mass is 10.1. The van der Waals surface area contributed by atoms with E-state index >= 15 is 0 Å². The van der Waals surface area contributed by atoms with Crippen LogP contribution < -0.4 is 0 Å². The molecule has 0 fully saturated rings. The fourth-order valence-electron chi connectivity index (χ4n) is 1.84. The van der Waals surface area contributed by atoms with Gasteiger partial charge in [-0.25, -0.2) is 0 Å². The van der Waals surface area contributed by atoms with Crippen molar-refractivity contribution >= 4 is 29.1 Å². The Labute approximate surface area is 109 Å². The summed E-state index contributed by atoms with van der Waals surface area (Å²) in [5, 5.41) is 9.80. The van der Waals surface area contributed by atoms with E-state index in [2.05, 4.69) is 0 Å². The second kappa shape index (κ2) is 5.08. The molecule has 3 nitrogen and oxygen atoms in total. The number of carbonyl (C=O) groups excluding carboxylic acids is 1. The van der Waals surface area contributed by atoms with Crippen molar-refractivity contribution in [1.82, 2.24) is 4.90 Å². The summed E-state index contributed by atoms with van der Waals surface area (Å²) in [6.07, 6.45) is 0. The molecule has 1 N–H and O–H groups in total. The molecular formula is C12H11Cl2NO2. The number of amides is 1. The third-order valence-electron chi connectivity index (χ3n) is 2.73. The number of aliphatic hydroxyl groups is 1. The molecule has 90 valence electrons. The third-order valence-corrected chi connectivity index (χ3v) is 3.52. The normalized spacial score (nSPS) is 17.8. The molecule has 1 aromatic carbocycles. The minimum Gasteiger partial charge on any atom is -0.394 e. The van der Waals surface area contributed by atoms with Gasteiger partial charge in [0.25, 0.3) is 5.91 Å². The van der Waals surface area contributed by atoms with Crippen molar-refractivity contribution in [3.63, 3.8) is 0 Å². The van der Waals surface area contributed by atoms with Crippen LogP contribution in [0.3, 0.4) is 0 Å². The van der Waals surface area contributed by atoms with Gasteiger partial charge in [0.15, 0.2) is 0 Å². The molecule has 0 bridgehead atoms. The molecule has 1 atom stereocenters. The summed E-state index contributed by atoms with van der Waals surface area (Å²) >= 11 is 11.6. The van der Waals surface area contributed by atoms with Crippen molar-refractivity contribution in [2.24, 2.45) is 0 Å². The highest BCUT2D eigenvalue weighted by molar-refractivity contribution is 6.49. The van der Waals surface area contributed by atoms with E-state index in [0.717, 1.165) is 5.56 Å². The van der Waals surface area contributed by atoms with Crippen LogP contribution in [-0.4, -0.2) is 29.1 Å². The number of nitrogens with zero attached hydrogens (tertiary/aromatic N) is 1. The maximum absolute atomic E-state index is 11.8. The zero-order valence-corrected chi connectivity index (χ0v) is 10.4. The van der Waals surface area contributed by atoms with E-state index in [1.807, 2.05) is 30.3 Å². The Bertz CT molecular complexity index is 459. The van der Waals surface area contributed by atoms with Gasteiger partial charge in [0.2, 0.25) is 0 Å². The zero-order valence-electron chi connectivity index (χ0n) is 8.94. The summed E-state index contributed by atoms with van der Waals surface area (Å²) < 4.78 is 0.